The van der Waals surface area contributed by atoms with Crippen LogP contribution in [0.5, 0.6) is 0 Å². The van der Waals surface area contributed by atoms with Crippen molar-refractivity contribution in [3.63, 3.8) is 0 Å². The lowest BCUT2D eigenvalue weighted by Crippen LogP contribution is -2.41. The molecule has 0 N–H and O–H groups in total. The molecule has 0 unspecified atom stereocenters. The maximum atomic E-state index is 14.0. The average molecular weight is 481 g/mol. The smallest absolute Gasteiger partial charge is 0.418 e. The Morgan fingerprint density at radius 1 is 1.11 bits per heavy atom. The van der Waals surface area contributed by atoms with Gasteiger partial charge in [-0.15, -0.1) is 0 Å². The summed E-state index contributed by atoms with van der Waals surface area (Å²) in [7, 11) is -5.20. The zero-order valence-corrected chi connectivity index (χ0v) is 14.9. The second-order valence-electron chi connectivity index (χ2n) is 4.89. The van der Waals surface area contributed by atoms with Crippen LogP contribution in [0.2, 0.25) is 0 Å². The molecule has 0 fully saturated rings. The van der Waals surface area contributed by atoms with Gasteiger partial charge in [-0.2, -0.15) is 13.2 Å². The molecule has 0 amide bonds. The molecule has 0 saturated carbocycles. The monoisotopic (exact) mass is 480 g/mol. The quantitative estimate of drug-likeness (QED) is 0.348. The van der Waals surface area contributed by atoms with Crippen LogP contribution in [0, 0.1) is 11.2 Å². The van der Waals surface area contributed by atoms with Crippen molar-refractivity contribution in [2.75, 3.05) is 0 Å². The van der Waals surface area contributed by atoms with Crippen molar-refractivity contribution in [1.82, 2.24) is 9.13 Å². The number of hydrogen-bond donors (Lipinski definition) is 0. The predicted octanol–water partition coefficient (Wildman–Crippen LogP) is 4.24. The maximum absolute atomic E-state index is 14.0. The molecule has 0 bridgehead atoms. The molecule has 0 radical (unpaired) electrons. The Morgan fingerprint density at radius 2 is 1.61 bits per heavy atom. The van der Waals surface area contributed by atoms with Crippen molar-refractivity contribution >= 4 is 28.9 Å². The van der Waals surface area contributed by atoms with Crippen LogP contribution in [0.15, 0.2) is 32.3 Å². The highest BCUT2D eigenvalue weighted by molar-refractivity contribution is 9.10. The Morgan fingerprint density at radius 3 is 2.04 bits per heavy atom. The van der Waals surface area contributed by atoms with Crippen molar-refractivity contribution in [1.29, 1.82) is 5.39 Å². The van der Waals surface area contributed by atoms with Crippen LogP contribution in [0.4, 0.5) is 40.5 Å². The molecule has 0 aliphatic carbocycles. The van der Waals surface area contributed by atoms with Gasteiger partial charge in [-0.25, -0.2) is 13.8 Å². The van der Waals surface area contributed by atoms with Crippen LogP contribution >= 0.6 is 15.9 Å². The van der Waals surface area contributed by atoms with Crippen LogP contribution in [0.25, 0.3) is 10.7 Å². The fourth-order valence-electron chi connectivity index (χ4n) is 1.89. The lowest BCUT2D eigenvalue weighted by Gasteiger charge is -2.13. The molecule has 0 atom stereocenters. The van der Waals surface area contributed by atoms with Gasteiger partial charge in [0.05, 0.1) is 11.8 Å². The highest BCUT2D eigenvalue weighted by Gasteiger charge is 2.35. The minimum Gasteiger partial charge on any atom is -0.418 e. The maximum Gasteiger partial charge on any atom is 0.673 e. The third-order valence-corrected chi connectivity index (χ3v) is 3.61. The van der Waals surface area contributed by atoms with Crippen molar-refractivity contribution in [2.24, 2.45) is 7.05 Å². The molecule has 0 aliphatic heterocycles. The van der Waals surface area contributed by atoms with Gasteiger partial charge in [-0.3, -0.25) is 9.36 Å². The average Bonchev–Trinajstić information content (AvgIpc) is 2.50. The molecule has 0 spiro atoms. The van der Waals surface area contributed by atoms with Crippen LogP contribution in [0.1, 0.15) is 5.69 Å². The van der Waals surface area contributed by atoms with Gasteiger partial charge in [0.2, 0.25) is 5.39 Å². The Hall–Kier alpha value is -2.70. The SMILES string of the molecule is Cn1c(C(F)(F)F)cc(=O)n(-c2cc([N+]#N)c(Br)cc2F)c1=O.F[B-](F)(F)F. The molecule has 1 aromatic carbocycles. The first-order valence-corrected chi connectivity index (χ1v) is 7.49. The van der Waals surface area contributed by atoms with E-state index in [2.05, 4.69) is 20.9 Å². The van der Waals surface area contributed by atoms with E-state index in [9.17, 15) is 44.4 Å². The number of hydrogen-bond acceptors (Lipinski definition) is 3. The van der Waals surface area contributed by atoms with Gasteiger partial charge in [0.1, 0.15) is 16.0 Å². The van der Waals surface area contributed by atoms with E-state index in [0.29, 0.717) is 0 Å². The van der Waals surface area contributed by atoms with Crippen molar-refractivity contribution < 1.29 is 34.8 Å². The topological polar surface area (TPSA) is 72.2 Å². The fourth-order valence-corrected chi connectivity index (χ4v) is 2.29. The normalized spacial score (nSPS) is 11.5. The van der Waals surface area contributed by atoms with E-state index >= 15 is 0 Å². The molecule has 152 valence electrons. The molecule has 2 rings (SSSR count). The van der Waals surface area contributed by atoms with Crippen LogP contribution in [0.3, 0.4) is 0 Å². The summed E-state index contributed by atoms with van der Waals surface area (Å²) >= 11 is 2.89. The van der Waals surface area contributed by atoms with Gasteiger partial charge < -0.3 is 17.3 Å². The molecule has 1 aromatic heterocycles. The Bertz CT molecular complexity index is 1050. The number of halogens is 9. The number of rotatable bonds is 1. The third-order valence-electron chi connectivity index (χ3n) is 2.98. The summed E-state index contributed by atoms with van der Waals surface area (Å²) in [6.45, 7) is 0. The fraction of sp³-hybridized carbons (Fsp3) is 0.167. The molecule has 28 heavy (non-hydrogen) atoms. The van der Waals surface area contributed by atoms with Crippen molar-refractivity contribution in [2.45, 2.75) is 6.18 Å². The van der Waals surface area contributed by atoms with Crippen molar-refractivity contribution in [3.8, 4) is 5.69 Å². The summed E-state index contributed by atoms with van der Waals surface area (Å²) in [5.41, 5.74) is -5.08. The van der Waals surface area contributed by atoms with E-state index < -0.39 is 41.9 Å². The zero-order valence-electron chi connectivity index (χ0n) is 13.3. The van der Waals surface area contributed by atoms with Gasteiger partial charge in [-0.1, -0.05) is 0 Å². The standard InChI is InChI=1S/C12H6BrF4N4O2.BF4/c1-20-9(12(15,16)17)4-10(22)21(11(20)23)8-3-7(19-18)5(13)2-6(8)14;2-1(3,4)5/h2-4H,1H3;/q+1;-1. The largest absolute Gasteiger partial charge is 0.673 e. The highest BCUT2D eigenvalue weighted by atomic mass is 79.9. The number of aromatic nitrogens is 2. The molecule has 0 saturated heterocycles. The van der Waals surface area contributed by atoms with Crippen LogP contribution in [-0.2, 0) is 13.2 Å². The van der Waals surface area contributed by atoms with Gasteiger partial charge >= 0.3 is 24.8 Å². The molecule has 1 heterocycles. The summed E-state index contributed by atoms with van der Waals surface area (Å²) < 4.78 is 91.7. The number of alkyl halides is 3. The lowest BCUT2D eigenvalue weighted by atomic mass is 10.2. The number of nitrogens with zero attached hydrogens (tertiary/aromatic N) is 4. The van der Waals surface area contributed by atoms with E-state index in [1.165, 1.54) is 0 Å². The Kier molecular flexibility index (Phi) is 6.77. The molecular weight excluding hydrogens is 475 g/mol. The van der Waals surface area contributed by atoms with E-state index in [4.69, 9.17) is 5.39 Å². The van der Waals surface area contributed by atoms with Gasteiger partial charge in [-0.05, 0) is 22.0 Å². The second-order valence-corrected chi connectivity index (χ2v) is 5.75. The number of diazo groups is 1. The first kappa shape index (κ1) is 23.3. The summed E-state index contributed by atoms with van der Waals surface area (Å²) in [5.74, 6) is -1.07. The van der Waals surface area contributed by atoms with E-state index in [0.717, 1.165) is 19.2 Å². The summed E-state index contributed by atoms with van der Waals surface area (Å²) in [4.78, 5) is 26.7. The third kappa shape index (κ3) is 5.65. The Labute approximate surface area is 157 Å². The predicted molar refractivity (Wildman–Crippen MR) is 84.9 cm³/mol. The van der Waals surface area contributed by atoms with Crippen LogP contribution < -0.4 is 11.2 Å². The first-order valence-electron chi connectivity index (χ1n) is 6.70. The van der Waals surface area contributed by atoms with Gasteiger partial charge in [0.25, 0.3) is 5.56 Å². The molecule has 16 heteroatoms. The van der Waals surface area contributed by atoms with Crippen LogP contribution in [-0.4, -0.2) is 16.4 Å². The zero-order chi connectivity index (χ0) is 22.0. The summed E-state index contributed by atoms with van der Waals surface area (Å²) in [6, 6.07) is 1.84. The lowest BCUT2D eigenvalue weighted by molar-refractivity contribution is -0.144. The van der Waals surface area contributed by atoms with Crippen molar-refractivity contribution in [3.05, 3.63) is 60.0 Å². The summed E-state index contributed by atoms with van der Waals surface area (Å²) in [6.07, 6.45) is -4.92. The summed E-state index contributed by atoms with van der Waals surface area (Å²) in [5, 5.41) is 8.78. The van der Waals surface area contributed by atoms with Gasteiger partial charge in [0, 0.05) is 13.1 Å². The molecular formula is C12H6BBrF8N4O2. The van der Waals surface area contributed by atoms with Gasteiger partial charge in [0.15, 0.2) is 4.98 Å². The number of benzene rings is 1. The minimum absolute atomic E-state index is 0.0260. The van der Waals surface area contributed by atoms with E-state index in [-0.39, 0.29) is 25.4 Å². The molecule has 6 nitrogen and oxygen atoms in total. The van der Waals surface area contributed by atoms with E-state index in [1.807, 2.05) is 0 Å². The second kappa shape index (κ2) is 8.13. The Balaban J connectivity index is 0.000000696. The minimum atomic E-state index is -6.00. The molecule has 0 aliphatic rings. The molecule has 2 aromatic rings. The highest BCUT2D eigenvalue weighted by Crippen LogP contribution is 2.30. The first-order chi connectivity index (χ1) is 12.6. The van der Waals surface area contributed by atoms with E-state index in [1.54, 1.807) is 0 Å².